The predicted molar refractivity (Wildman–Crippen MR) is 118 cm³/mol. The Morgan fingerprint density at radius 1 is 0.941 bits per heavy atom. The summed E-state index contributed by atoms with van der Waals surface area (Å²) in [5.74, 6) is -2.74. The number of carbonyl (C=O) groups is 1. The number of nitrogens with zero attached hydrogens (tertiary/aromatic N) is 3. The fourth-order valence-electron chi connectivity index (χ4n) is 3.19. The van der Waals surface area contributed by atoms with E-state index in [-0.39, 0.29) is 34.5 Å². The molecule has 0 aliphatic heterocycles. The van der Waals surface area contributed by atoms with Crippen LogP contribution >= 0.6 is 0 Å². The van der Waals surface area contributed by atoms with Crippen LogP contribution in [0.15, 0.2) is 48.9 Å². The second kappa shape index (κ2) is 9.53. The highest BCUT2D eigenvalue weighted by atomic mass is 19.1. The van der Waals surface area contributed by atoms with Gasteiger partial charge in [-0.25, -0.2) is 8.78 Å². The van der Waals surface area contributed by atoms with Crippen molar-refractivity contribution in [2.75, 3.05) is 26.6 Å². The first kappa shape index (κ1) is 22.6. The van der Waals surface area contributed by atoms with Crippen LogP contribution in [0.5, 0.6) is 29.0 Å². The Kier molecular flexibility index (Phi) is 6.35. The fraction of sp³-hybridized carbons (Fsp3) is 0.130. The van der Waals surface area contributed by atoms with E-state index in [1.54, 1.807) is 0 Å². The fourth-order valence-corrected chi connectivity index (χ4v) is 3.19. The number of methoxy groups -OCH3 is 3. The average molecular weight is 468 g/mol. The van der Waals surface area contributed by atoms with Gasteiger partial charge >= 0.3 is 0 Å². The molecule has 1 amide bonds. The lowest BCUT2D eigenvalue weighted by molar-refractivity contribution is 0.102. The average Bonchev–Trinajstić information content (AvgIpc) is 2.85. The molecule has 174 valence electrons. The van der Waals surface area contributed by atoms with Crippen molar-refractivity contribution in [1.82, 2.24) is 15.0 Å². The summed E-state index contributed by atoms with van der Waals surface area (Å²) in [6, 6.07) is 6.30. The quantitative estimate of drug-likeness (QED) is 0.426. The highest BCUT2D eigenvalue weighted by Gasteiger charge is 2.20. The van der Waals surface area contributed by atoms with Crippen molar-refractivity contribution >= 4 is 22.5 Å². The van der Waals surface area contributed by atoms with E-state index >= 15 is 0 Å². The van der Waals surface area contributed by atoms with Gasteiger partial charge in [-0.05, 0) is 12.1 Å². The third-order valence-corrected chi connectivity index (χ3v) is 4.74. The lowest BCUT2D eigenvalue weighted by atomic mass is 10.2. The molecule has 1 aromatic carbocycles. The van der Waals surface area contributed by atoms with Gasteiger partial charge in [0.15, 0.2) is 17.4 Å². The summed E-state index contributed by atoms with van der Waals surface area (Å²) in [5, 5.41) is 2.71. The molecule has 3 aromatic heterocycles. The number of carbonyl (C=O) groups excluding carboxylic acids is 1. The Morgan fingerprint density at radius 3 is 2.35 bits per heavy atom. The normalized spacial score (nSPS) is 10.6. The van der Waals surface area contributed by atoms with Crippen LogP contribution in [-0.4, -0.2) is 42.2 Å². The van der Waals surface area contributed by atoms with Crippen LogP contribution in [0.25, 0.3) is 10.9 Å². The number of halogens is 2. The maximum absolute atomic E-state index is 14.9. The topological polar surface area (TPSA) is 105 Å². The van der Waals surface area contributed by atoms with Crippen molar-refractivity contribution < 1.29 is 32.5 Å². The Morgan fingerprint density at radius 2 is 1.68 bits per heavy atom. The van der Waals surface area contributed by atoms with Crippen LogP contribution in [0.1, 0.15) is 10.4 Å². The van der Waals surface area contributed by atoms with Gasteiger partial charge in [-0.2, -0.15) is 4.98 Å². The summed E-state index contributed by atoms with van der Waals surface area (Å²) in [6.45, 7) is 0. The van der Waals surface area contributed by atoms with Gasteiger partial charge in [0, 0.05) is 42.5 Å². The largest absolute Gasteiger partial charge is 0.496 e. The molecule has 0 unspecified atom stereocenters. The number of hydrogen-bond acceptors (Lipinski definition) is 8. The Hall–Kier alpha value is -4.54. The van der Waals surface area contributed by atoms with Gasteiger partial charge in [0.1, 0.15) is 16.9 Å². The minimum absolute atomic E-state index is 0.0617. The second-order valence-corrected chi connectivity index (χ2v) is 6.78. The van der Waals surface area contributed by atoms with Gasteiger partial charge in [-0.15, -0.1) is 0 Å². The Labute approximate surface area is 192 Å². The van der Waals surface area contributed by atoms with Gasteiger partial charge < -0.3 is 24.3 Å². The molecule has 9 nitrogen and oxygen atoms in total. The third kappa shape index (κ3) is 4.35. The summed E-state index contributed by atoms with van der Waals surface area (Å²) in [7, 11) is 4.21. The minimum Gasteiger partial charge on any atom is -0.496 e. The van der Waals surface area contributed by atoms with E-state index < -0.39 is 23.3 Å². The number of fused-ring (bicyclic) bond motifs is 1. The van der Waals surface area contributed by atoms with Gasteiger partial charge in [0.2, 0.25) is 11.8 Å². The molecule has 1 N–H and O–H groups in total. The number of pyridine rings is 3. The van der Waals surface area contributed by atoms with Gasteiger partial charge in [0.05, 0.1) is 32.4 Å². The Bertz CT molecular complexity index is 1360. The van der Waals surface area contributed by atoms with E-state index in [0.29, 0.717) is 10.9 Å². The number of benzene rings is 1. The smallest absolute Gasteiger partial charge is 0.261 e. The van der Waals surface area contributed by atoms with Crippen molar-refractivity contribution in [3.05, 3.63) is 66.1 Å². The van der Waals surface area contributed by atoms with Crippen LogP contribution in [0.4, 0.5) is 14.5 Å². The number of amides is 1. The molecule has 0 saturated carbocycles. The Balaban J connectivity index is 1.66. The van der Waals surface area contributed by atoms with E-state index in [1.807, 2.05) is 0 Å². The van der Waals surface area contributed by atoms with Crippen molar-refractivity contribution in [2.24, 2.45) is 0 Å². The lowest BCUT2D eigenvalue weighted by Crippen LogP contribution is -2.14. The van der Waals surface area contributed by atoms with E-state index in [9.17, 15) is 13.6 Å². The summed E-state index contributed by atoms with van der Waals surface area (Å²) < 4.78 is 50.8. The first-order chi connectivity index (χ1) is 16.4. The number of anilines is 1. The molecule has 0 atom stereocenters. The van der Waals surface area contributed by atoms with Crippen LogP contribution in [-0.2, 0) is 0 Å². The van der Waals surface area contributed by atoms with Gasteiger partial charge in [-0.3, -0.25) is 14.8 Å². The number of ether oxygens (including phenoxy) is 4. The number of hydrogen-bond donors (Lipinski definition) is 1. The standard InChI is InChI=1S/C23H18F2N4O5/c1-31-17-4-6-26-11-13(17)22(30)28-12-8-14(24)21(15(25)9-12)34-18-5-7-27-16-10-19(32-2)29-23(33-3)20(16)18/h4-11H,1-3H3,(H,28,30). The zero-order valence-electron chi connectivity index (χ0n) is 18.3. The molecule has 4 aromatic rings. The highest BCUT2D eigenvalue weighted by Crippen LogP contribution is 2.38. The lowest BCUT2D eigenvalue weighted by Gasteiger charge is -2.14. The van der Waals surface area contributed by atoms with Gasteiger partial charge in [0.25, 0.3) is 5.91 Å². The van der Waals surface area contributed by atoms with Crippen molar-refractivity contribution in [3.63, 3.8) is 0 Å². The summed E-state index contributed by atoms with van der Waals surface area (Å²) >= 11 is 0. The molecular weight excluding hydrogens is 450 g/mol. The molecule has 0 saturated heterocycles. The molecule has 34 heavy (non-hydrogen) atoms. The van der Waals surface area contributed by atoms with E-state index in [1.165, 1.54) is 58.1 Å². The van der Waals surface area contributed by atoms with E-state index in [0.717, 1.165) is 12.1 Å². The van der Waals surface area contributed by atoms with E-state index in [4.69, 9.17) is 18.9 Å². The van der Waals surface area contributed by atoms with Gasteiger partial charge in [-0.1, -0.05) is 0 Å². The molecule has 0 radical (unpaired) electrons. The third-order valence-electron chi connectivity index (χ3n) is 4.74. The molecule has 11 heteroatoms. The SMILES string of the molecule is COc1cc2nccc(Oc3c(F)cc(NC(=O)c4cnccc4OC)cc3F)c2c(OC)n1. The molecular formula is C23H18F2N4O5. The second-order valence-electron chi connectivity index (χ2n) is 6.78. The van der Waals surface area contributed by atoms with Crippen LogP contribution in [0.2, 0.25) is 0 Å². The zero-order chi connectivity index (χ0) is 24.2. The predicted octanol–water partition coefficient (Wildman–Crippen LogP) is 4.37. The monoisotopic (exact) mass is 468 g/mol. The molecule has 3 heterocycles. The maximum Gasteiger partial charge on any atom is 0.261 e. The molecule has 4 rings (SSSR count). The first-order valence-electron chi connectivity index (χ1n) is 9.79. The van der Waals surface area contributed by atoms with Crippen LogP contribution in [0, 0.1) is 11.6 Å². The van der Waals surface area contributed by atoms with Crippen LogP contribution < -0.4 is 24.3 Å². The van der Waals surface area contributed by atoms with Crippen molar-refractivity contribution in [1.29, 1.82) is 0 Å². The zero-order valence-corrected chi connectivity index (χ0v) is 18.3. The summed E-state index contributed by atoms with van der Waals surface area (Å²) in [5.41, 5.74) is 0.363. The number of nitrogens with one attached hydrogen (secondary N) is 1. The molecule has 0 spiro atoms. The number of aromatic nitrogens is 3. The highest BCUT2D eigenvalue weighted by molar-refractivity contribution is 6.06. The van der Waals surface area contributed by atoms with Crippen LogP contribution in [0.3, 0.4) is 0 Å². The van der Waals surface area contributed by atoms with Crippen molar-refractivity contribution in [2.45, 2.75) is 0 Å². The molecule has 0 fully saturated rings. The molecule has 0 aliphatic rings. The van der Waals surface area contributed by atoms with E-state index in [2.05, 4.69) is 20.3 Å². The molecule has 0 aliphatic carbocycles. The number of rotatable bonds is 7. The minimum atomic E-state index is -1.04. The summed E-state index contributed by atoms with van der Waals surface area (Å²) in [4.78, 5) is 24.7. The first-order valence-corrected chi connectivity index (χ1v) is 9.79. The summed E-state index contributed by atoms with van der Waals surface area (Å²) in [6.07, 6.45) is 4.13. The van der Waals surface area contributed by atoms with Crippen molar-refractivity contribution in [3.8, 4) is 29.0 Å². The molecule has 0 bridgehead atoms. The maximum atomic E-state index is 14.9.